The first kappa shape index (κ1) is 22.8. The quantitative estimate of drug-likeness (QED) is 0.321. The normalized spacial score (nSPS) is 15.3. The topological polar surface area (TPSA) is 82.3 Å². The molecule has 1 atom stereocenters. The monoisotopic (exact) mass is 463 g/mol. The number of H-pyrrole nitrogens is 1. The number of carbonyl (C=O) groups excluding carboxylic acids is 3. The number of carbonyl (C=O) groups is 3. The van der Waals surface area contributed by atoms with E-state index < -0.39 is 17.7 Å². The summed E-state index contributed by atoms with van der Waals surface area (Å²) in [6, 6.07) is 14.1. The zero-order chi connectivity index (χ0) is 23.5. The maximum absolute atomic E-state index is 13.2. The molecule has 6 nitrogen and oxygen atoms in total. The lowest BCUT2D eigenvalue weighted by molar-refractivity contribution is -0.135. The highest BCUT2D eigenvalue weighted by Gasteiger charge is 2.32. The third-order valence-electron chi connectivity index (χ3n) is 6.20. The van der Waals surface area contributed by atoms with Crippen molar-refractivity contribution in [2.24, 2.45) is 0 Å². The predicted octanol–water partition coefficient (Wildman–Crippen LogP) is 4.47. The number of nitrogens with one attached hydrogen (secondary N) is 2. The van der Waals surface area contributed by atoms with Gasteiger partial charge in [-0.05, 0) is 55.0 Å². The molecule has 0 saturated carbocycles. The molecule has 2 heterocycles. The lowest BCUT2D eigenvalue weighted by Crippen LogP contribution is -2.52. The Labute approximate surface area is 197 Å². The molecule has 4 rings (SSSR count). The van der Waals surface area contributed by atoms with Crippen molar-refractivity contribution in [3.8, 4) is 0 Å². The number of benzene rings is 2. The molecule has 1 aliphatic heterocycles. The summed E-state index contributed by atoms with van der Waals surface area (Å²) in [4.78, 5) is 43.5. The van der Waals surface area contributed by atoms with Gasteiger partial charge in [0.25, 0.3) is 11.7 Å². The first-order chi connectivity index (χ1) is 15.8. The van der Waals surface area contributed by atoms with E-state index in [2.05, 4.69) is 16.9 Å². The molecule has 170 valence electrons. The van der Waals surface area contributed by atoms with E-state index in [1.807, 2.05) is 36.4 Å². The summed E-state index contributed by atoms with van der Waals surface area (Å²) in [5.41, 5.74) is 2.74. The summed E-state index contributed by atoms with van der Waals surface area (Å²) in [6.07, 6.45) is 3.16. The van der Waals surface area contributed by atoms with Gasteiger partial charge >= 0.3 is 0 Å². The lowest BCUT2D eigenvalue weighted by atomic mass is 9.89. The number of ketones is 1. The SMILES string of the molecule is C=C(C)[C@@H](NC(=O)C(=O)c1c[nH]c2ccccc12)C(=O)N1CCC(c2ccc(Cl)cc2)CC1. The Morgan fingerprint density at radius 1 is 1.09 bits per heavy atom. The van der Waals surface area contributed by atoms with Crippen molar-refractivity contribution >= 4 is 40.1 Å². The first-order valence-corrected chi connectivity index (χ1v) is 11.3. The summed E-state index contributed by atoms with van der Waals surface area (Å²) in [6.45, 7) is 6.70. The molecule has 33 heavy (non-hydrogen) atoms. The van der Waals surface area contributed by atoms with E-state index in [1.54, 1.807) is 24.0 Å². The molecular formula is C26H26ClN3O3. The fraction of sp³-hybridized carbons (Fsp3) is 0.269. The number of aromatic amines is 1. The van der Waals surface area contributed by atoms with E-state index in [0.717, 1.165) is 18.4 Å². The summed E-state index contributed by atoms with van der Waals surface area (Å²) in [5.74, 6) is -1.39. The van der Waals surface area contributed by atoms with Gasteiger partial charge in [0.05, 0.1) is 5.56 Å². The Bertz CT molecular complexity index is 1210. The van der Waals surface area contributed by atoms with Gasteiger partial charge in [-0.3, -0.25) is 14.4 Å². The van der Waals surface area contributed by atoms with Gasteiger partial charge < -0.3 is 15.2 Å². The zero-order valence-corrected chi connectivity index (χ0v) is 19.2. The van der Waals surface area contributed by atoms with Crippen molar-refractivity contribution in [2.75, 3.05) is 13.1 Å². The fourth-order valence-corrected chi connectivity index (χ4v) is 4.45. The van der Waals surface area contributed by atoms with Crippen molar-refractivity contribution in [3.05, 3.63) is 83.0 Å². The third kappa shape index (κ3) is 4.86. The minimum absolute atomic E-state index is 0.239. The van der Waals surface area contributed by atoms with Crippen LogP contribution in [0, 0.1) is 0 Å². The molecular weight excluding hydrogens is 438 g/mol. The molecule has 1 aromatic heterocycles. The van der Waals surface area contributed by atoms with Crippen molar-refractivity contribution in [1.82, 2.24) is 15.2 Å². The summed E-state index contributed by atoms with van der Waals surface area (Å²) < 4.78 is 0. The molecule has 0 bridgehead atoms. The van der Waals surface area contributed by atoms with Crippen LogP contribution in [-0.2, 0) is 9.59 Å². The van der Waals surface area contributed by atoms with Crippen LogP contribution in [0.1, 0.15) is 41.6 Å². The number of nitrogens with zero attached hydrogens (tertiary/aromatic N) is 1. The van der Waals surface area contributed by atoms with Crippen molar-refractivity contribution < 1.29 is 14.4 Å². The van der Waals surface area contributed by atoms with Gasteiger partial charge in [-0.15, -0.1) is 0 Å². The van der Waals surface area contributed by atoms with Crippen LogP contribution in [0.4, 0.5) is 0 Å². The van der Waals surface area contributed by atoms with E-state index >= 15 is 0 Å². The molecule has 1 aliphatic rings. The number of piperidine rings is 1. The molecule has 2 aromatic carbocycles. The standard InChI is InChI=1S/C26H26ClN3O3/c1-16(2)23(29-25(32)24(31)21-15-28-22-6-4-3-5-20(21)22)26(33)30-13-11-18(12-14-30)17-7-9-19(27)10-8-17/h3-10,15,18,23,28H,1,11-14H2,2H3,(H,29,32)/t23-/m1/s1. The molecule has 7 heteroatoms. The molecule has 0 aliphatic carbocycles. The van der Waals surface area contributed by atoms with Gasteiger partial charge in [0, 0.05) is 35.2 Å². The minimum Gasteiger partial charge on any atom is -0.360 e. The number of para-hydroxylation sites is 1. The number of halogens is 1. The van der Waals surface area contributed by atoms with Crippen LogP contribution in [0.5, 0.6) is 0 Å². The minimum atomic E-state index is -0.946. The van der Waals surface area contributed by atoms with Crippen LogP contribution >= 0.6 is 11.6 Å². The third-order valence-corrected chi connectivity index (χ3v) is 6.46. The van der Waals surface area contributed by atoms with Gasteiger partial charge in [0.15, 0.2) is 0 Å². The average Bonchev–Trinajstić information content (AvgIpc) is 3.26. The largest absolute Gasteiger partial charge is 0.360 e. The van der Waals surface area contributed by atoms with E-state index in [1.165, 1.54) is 11.8 Å². The van der Waals surface area contributed by atoms with Gasteiger partial charge in [-0.2, -0.15) is 0 Å². The predicted molar refractivity (Wildman–Crippen MR) is 129 cm³/mol. The number of fused-ring (bicyclic) bond motifs is 1. The second-order valence-electron chi connectivity index (χ2n) is 8.48. The Morgan fingerprint density at radius 3 is 2.42 bits per heavy atom. The van der Waals surface area contributed by atoms with Gasteiger partial charge in [0.1, 0.15) is 6.04 Å². The highest BCUT2D eigenvalue weighted by Crippen LogP contribution is 2.29. The Morgan fingerprint density at radius 2 is 1.76 bits per heavy atom. The summed E-state index contributed by atoms with van der Waals surface area (Å²) in [7, 11) is 0. The number of Topliss-reactive ketones (excluding diaryl/α,β-unsaturated/α-hetero) is 1. The summed E-state index contributed by atoms with van der Waals surface area (Å²) in [5, 5.41) is 3.98. The Hall–Kier alpha value is -3.38. The number of hydrogen-bond donors (Lipinski definition) is 2. The molecule has 3 aromatic rings. The van der Waals surface area contributed by atoms with Gasteiger partial charge in [-0.1, -0.05) is 48.5 Å². The van der Waals surface area contributed by atoms with Crippen LogP contribution in [0.2, 0.25) is 5.02 Å². The lowest BCUT2D eigenvalue weighted by Gasteiger charge is -2.34. The zero-order valence-electron chi connectivity index (χ0n) is 18.4. The molecule has 1 fully saturated rings. The van der Waals surface area contributed by atoms with Gasteiger partial charge in [0.2, 0.25) is 5.91 Å². The fourth-order valence-electron chi connectivity index (χ4n) is 4.32. The van der Waals surface area contributed by atoms with Crippen LogP contribution in [0.3, 0.4) is 0 Å². The average molecular weight is 464 g/mol. The van der Waals surface area contributed by atoms with Gasteiger partial charge in [-0.25, -0.2) is 0 Å². The Kier molecular flexibility index (Phi) is 6.65. The first-order valence-electron chi connectivity index (χ1n) is 11.0. The van der Waals surface area contributed by atoms with Crippen LogP contribution < -0.4 is 5.32 Å². The molecule has 0 spiro atoms. The highest BCUT2D eigenvalue weighted by atomic mass is 35.5. The second-order valence-corrected chi connectivity index (χ2v) is 8.92. The molecule has 2 amide bonds. The summed E-state index contributed by atoms with van der Waals surface area (Å²) >= 11 is 5.98. The molecule has 2 N–H and O–H groups in total. The number of rotatable bonds is 6. The van der Waals surface area contributed by atoms with Crippen LogP contribution in [0.25, 0.3) is 10.9 Å². The second kappa shape index (κ2) is 9.63. The van der Waals surface area contributed by atoms with Crippen LogP contribution in [-0.4, -0.2) is 46.6 Å². The number of likely N-dealkylation sites (tertiary alicyclic amines) is 1. The number of hydrogen-bond acceptors (Lipinski definition) is 3. The van der Waals surface area contributed by atoms with E-state index in [0.29, 0.717) is 35.0 Å². The van der Waals surface area contributed by atoms with E-state index in [9.17, 15) is 14.4 Å². The smallest absolute Gasteiger partial charge is 0.293 e. The maximum atomic E-state index is 13.2. The van der Waals surface area contributed by atoms with E-state index in [4.69, 9.17) is 11.6 Å². The van der Waals surface area contributed by atoms with Crippen molar-refractivity contribution in [1.29, 1.82) is 0 Å². The molecule has 1 saturated heterocycles. The van der Waals surface area contributed by atoms with Crippen molar-refractivity contribution in [3.63, 3.8) is 0 Å². The highest BCUT2D eigenvalue weighted by molar-refractivity contribution is 6.45. The number of amides is 2. The van der Waals surface area contributed by atoms with Crippen molar-refractivity contribution in [2.45, 2.75) is 31.7 Å². The molecule has 0 unspecified atom stereocenters. The van der Waals surface area contributed by atoms with Crippen LogP contribution in [0.15, 0.2) is 66.9 Å². The number of aromatic nitrogens is 1. The molecule has 0 radical (unpaired) electrons. The van der Waals surface area contributed by atoms with E-state index in [-0.39, 0.29) is 11.5 Å². The Balaban J connectivity index is 1.41. The maximum Gasteiger partial charge on any atom is 0.293 e.